The van der Waals surface area contributed by atoms with Crippen molar-refractivity contribution in [2.45, 2.75) is 27.2 Å². The second kappa shape index (κ2) is 5.45. The minimum Gasteiger partial charge on any atom is -0.349 e. The van der Waals surface area contributed by atoms with E-state index in [4.69, 9.17) is 0 Å². The van der Waals surface area contributed by atoms with E-state index in [0.29, 0.717) is 0 Å². The lowest BCUT2D eigenvalue weighted by Crippen LogP contribution is -2.33. The number of hydrogen-bond acceptors (Lipinski definition) is 3. The van der Waals surface area contributed by atoms with Crippen LogP contribution in [0, 0.1) is 5.92 Å². The van der Waals surface area contributed by atoms with Crippen molar-refractivity contribution in [2.24, 2.45) is 5.92 Å². The minimum absolute atomic E-state index is 0.0227. The summed E-state index contributed by atoms with van der Waals surface area (Å²) in [6.07, 6.45) is 0.226. The Morgan fingerprint density at radius 1 is 1.15 bits per heavy atom. The van der Waals surface area contributed by atoms with E-state index in [2.05, 4.69) is 5.32 Å². The summed E-state index contributed by atoms with van der Waals surface area (Å²) >= 11 is 0. The normalized spacial score (nSPS) is 11.9. The summed E-state index contributed by atoms with van der Waals surface area (Å²) in [5, 5.41) is 2.45. The van der Waals surface area contributed by atoms with Crippen LogP contribution < -0.4 is 5.32 Å². The van der Waals surface area contributed by atoms with Gasteiger partial charge in [-0.05, 0) is 13.8 Å². The van der Waals surface area contributed by atoms with E-state index in [0.717, 1.165) is 0 Å². The van der Waals surface area contributed by atoms with Crippen molar-refractivity contribution < 1.29 is 14.4 Å². The van der Waals surface area contributed by atoms with Gasteiger partial charge in [0.25, 0.3) is 0 Å². The number of ketones is 2. The maximum atomic E-state index is 11.2. The van der Waals surface area contributed by atoms with E-state index in [1.165, 1.54) is 13.8 Å². The monoisotopic (exact) mass is 185 g/mol. The predicted octanol–water partition coefficient (Wildman–Crippen LogP) is 0.307. The summed E-state index contributed by atoms with van der Waals surface area (Å²) in [4.78, 5) is 32.3. The van der Waals surface area contributed by atoms with E-state index in [1.807, 2.05) is 0 Å². The third-order valence-corrected chi connectivity index (χ3v) is 1.55. The lowest BCUT2D eigenvalue weighted by molar-refractivity contribution is -0.129. The van der Waals surface area contributed by atoms with E-state index in [-0.39, 0.29) is 36.4 Å². The zero-order valence-corrected chi connectivity index (χ0v) is 8.22. The molecule has 0 aromatic carbocycles. The predicted molar refractivity (Wildman–Crippen MR) is 48.2 cm³/mol. The molecular formula is C9H15NO3. The van der Waals surface area contributed by atoms with Crippen molar-refractivity contribution in [1.82, 2.24) is 5.32 Å². The van der Waals surface area contributed by atoms with Crippen LogP contribution in [0.1, 0.15) is 27.2 Å². The average Bonchev–Trinajstić information content (AvgIpc) is 1.98. The van der Waals surface area contributed by atoms with Gasteiger partial charge in [0.2, 0.25) is 5.91 Å². The second-order valence-corrected chi connectivity index (χ2v) is 3.23. The summed E-state index contributed by atoms with van der Waals surface area (Å²) in [7, 11) is 0. The molecule has 4 heteroatoms. The smallest absolute Gasteiger partial charge is 0.223 e. The Morgan fingerprint density at radius 3 is 2.08 bits per heavy atom. The highest BCUT2D eigenvalue weighted by Crippen LogP contribution is 2.01. The molecule has 0 bridgehead atoms. The maximum Gasteiger partial charge on any atom is 0.223 e. The van der Waals surface area contributed by atoms with Crippen LogP contribution in [-0.2, 0) is 14.4 Å². The van der Waals surface area contributed by atoms with Crippen LogP contribution in [-0.4, -0.2) is 24.0 Å². The van der Waals surface area contributed by atoms with Gasteiger partial charge >= 0.3 is 0 Å². The van der Waals surface area contributed by atoms with Gasteiger partial charge < -0.3 is 10.1 Å². The molecule has 74 valence electrons. The van der Waals surface area contributed by atoms with Crippen molar-refractivity contribution in [3.8, 4) is 0 Å². The molecule has 0 radical (unpaired) electrons. The number of hydrogen-bond donors (Lipinski definition) is 1. The molecule has 0 aromatic rings. The van der Waals surface area contributed by atoms with Crippen molar-refractivity contribution in [3.63, 3.8) is 0 Å². The zero-order valence-electron chi connectivity index (χ0n) is 8.22. The first-order chi connectivity index (χ1) is 5.93. The molecule has 0 aliphatic rings. The molecule has 1 amide bonds. The Labute approximate surface area is 77.7 Å². The van der Waals surface area contributed by atoms with Crippen molar-refractivity contribution in [1.29, 1.82) is 0 Å². The van der Waals surface area contributed by atoms with Crippen LogP contribution in [0.4, 0.5) is 0 Å². The van der Waals surface area contributed by atoms with Crippen LogP contribution in [0.5, 0.6) is 0 Å². The van der Waals surface area contributed by atoms with Crippen molar-refractivity contribution >= 4 is 17.5 Å². The fourth-order valence-corrected chi connectivity index (χ4v) is 0.910. The third-order valence-electron chi connectivity index (χ3n) is 1.55. The standard InChI is InChI=1S/C9H15NO3/c1-6(4-7(2)11)9(13)10-5-8(3)12/h6H,4-5H2,1-3H3,(H,10,13)/t6-/m0/s1. The Bertz CT molecular complexity index is 223. The van der Waals surface area contributed by atoms with E-state index < -0.39 is 0 Å². The number of rotatable bonds is 5. The summed E-state index contributed by atoms with van der Waals surface area (Å²) < 4.78 is 0. The highest BCUT2D eigenvalue weighted by molar-refractivity contribution is 5.88. The highest BCUT2D eigenvalue weighted by atomic mass is 16.2. The molecule has 13 heavy (non-hydrogen) atoms. The molecule has 0 spiro atoms. The number of nitrogens with one attached hydrogen (secondary N) is 1. The average molecular weight is 185 g/mol. The van der Waals surface area contributed by atoms with Crippen LogP contribution >= 0.6 is 0 Å². The number of carbonyl (C=O) groups excluding carboxylic acids is 3. The Morgan fingerprint density at radius 2 is 1.69 bits per heavy atom. The molecule has 1 atom stereocenters. The quantitative estimate of drug-likeness (QED) is 0.670. The molecule has 1 N–H and O–H groups in total. The zero-order chi connectivity index (χ0) is 10.4. The topological polar surface area (TPSA) is 63.2 Å². The lowest BCUT2D eigenvalue weighted by Gasteiger charge is -2.08. The third kappa shape index (κ3) is 6.02. The van der Waals surface area contributed by atoms with Gasteiger partial charge in [-0.2, -0.15) is 0 Å². The molecule has 0 aliphatic heterocycles. The largest absolute Gasteiger partial charge is 0.349 e. The van der Waals surface area contributed by atoms with Gasteiger partial charge in [-0.3, -0.25) is 9.59 Å². The van der Waals surface area contributed by atoms with Crippen LogP contribution in [0.25, 0.3) is 0 Å². The summed E-state index contributed by atoms with van der Waals surface area (Å²) in [6, 6.07) is 0. The summed E-state index contributed by atoms with van der Waals surface area (Å²) in [5.41, 5.74) is 0. The first kappa shape index (κ1) is 11.8. The van der Waals surface area contributed by atoms with Crippen LogP contribution in [0.2, 0.25) is 0 Å². The number of amides is 1. The molecule has 4 nitrogen and oxygen atoms in total. The van der Waals surface area contributed by atoms with Crippen LogP contribution in [0.3, 0.4) is 0 Å². The van der Waals surface area contributed by atoms with E-state index in [1.54, 1.807) is 6.92 Å². The fraction of sp³-hybridized carbons (Fsp3) is 0.667. The van der Waals surface area contributed by atoms with Crippen molar-refractivity contribution in [3.05, 3.63) is 0 Å². The molecule has 0 unspecified atom stereocenters. The summed E-state index contributed by atoms with van der Waals surface area (Å²) in [5.74, 6) is -0.712. The first-order valence-electron chi connectivity index (χ1n) is 4.20. The Kier molecular flexibility index (Phi) is 4.96. The molecule has 0 rings (SSSR count). The Balaban J connectivity index is 3.82. The molecule has 0 saturated heterocycles. The van der Waals surface area contributed by atoms with Gasteiger partial charge in [0.05, 0.1) is 6.54 Å². The highest BCUT2D eigenvalue weighted by Gasteiger charge is 2.14. The van der Waals surface area contributed by atoms with E-state index in [9.17, 15) is 14.4 Å². The minimum atomic E-state index is -0.350. The first-order valence-corrected chi connectivity index (χ1v) is 4.20. The molecule has 0 saturated carbocycles. The fourth-order valence-electron chi connectivity index (χ4n) is 0.910. The molecule has 0 heterocycles. The number of Topliss-reactive ketones (excluding diaryl/α,β-unsaturated/α-hetero) is 2. The van der Waals surface area contributed by atoms with E-state index >= 15 is 0 Å². The molecule has 0 fully saturated rings. The molecular weight excluding hydrogens is 170 g/mol. The SMILES string of the molecule is CC(=O)CNC(=O)[C@@H](C)CC(C)=O. The molecule has 0 aromatic heterocycles. The summed E-state index contributed by atoms with van der Waals surface area (Å²) in [6.45, 7) is 4.54. The van der Waals surface area contributed by atoms with Crippen molar-refractivity contribution in [2.75, 3.05) is 6.54 Å². The number of carbonyl (C=O) groups is 3. The lowest BCUT2D eigenvalue weighted by atomic mass is 10.0. The van der Waals surface area contributed by atoms with Gasteiger partial charge in [0, 0.05) is 12.3 Å². The Hall–Kier alpha value is -1.19. The maximum absolute atomic E-state index is 11.2. The van der Waals surface area contributed by atoms with Gasteiger partial charge in [-0.25, -0.2) is 0 Å². The second-order valence-electron chi connectivity index (χ2n) is 3.23. The molecule has 0 aliphatic carbocycles. The van der Waals surface area contributed by atoms with Gasteiger partial charge in [-0.15, -0.1) is 0 Å². The van der Waals surface area contributed by atoms with Gasteiger partial charge in [0.1, 0.15) is 11.6 Å². The van der Waals surface area contributed by atoms with Gasteiger partial charge in [-0.1, -0.05) is 6.92 Å². The van der Waals surface area contributed by atoms with Gasteiger partial charge in [0.15, 0.2) is 0 Å². The van der Waals surface area contributed by atoms with Crippen LogP contribution in [0.15, 0.2) is 0 Å².